The number of hydrogen-bond acceptors (Lipinski definition) is 2. The van der Waals surface area contributed by atoms with Gasteiger partial charge in [0, 0.05) is 6.54 Å². The van der Waals surface area contributed by atoms with Crippen LogP contribution in [0.2, 0.25) is 0 Å². The van der Waals surface area contributed by atoms with Crippen LogP contribution in [0.1, 0.15) is 95.9 Å². The zero-order valence-electron chi connectivity index (χ0n) is 18.4. The maximum Gasteiger partial charge on any atom is 0.287 e. The second kappa shape index (κ2) is 10.5. The third-order valence-electron chi connectivity index (χ3n) is 5.59. The predicted octanol–water partition coefficient (Wildman–Crippen LogP) is 7.08. The molecule has 0 unspecified atom stereocenters. The Kier molecular flexibility index (Phi) is 8.35. The van der Waals surface area contributed by atoms with E-state index in [1.54, 1.807) is 6.07 Å². The van der Waals surface area contributed by atoms with E-state index in [2.05, 4.69) is 52.1 Å². The van der Waals surface area contributed by atoms with Gasteiger partial charge < -0.3 is 9.73 Å². The molecule has 1 aromatic rings. The zero-order chi connectivity index (χ0) is 20.6. The first-order valence-electron chi connectivity index (χ1n) is 10.8. The number of furan rings is 1. The van der Waals surface area contributed by atoms with E-state index in [-0.39, 0.29) is 11.3 Å². The van der Waals surface area contributed by atoms with Crippen LogP contribution < -0.4 is 5.32 Å². The van der Waals surface area contributed by atoms with E-state index < -0.39 is 0 Å². The molecule has 28 heavy (non-hydrogen) atoms. The molecule has 154 valence electrons. The van der Waals surface area contributed by atoms with Crippen LogP contribution in [0.25, 0.3) is 6.08 Å². The average molecular weight is 384 g/mol. The van der Waals surface area contributed by atoms with Gasteiger partial charge in [0.1, 0.15) is 5.76 Å². The number of carbonyl (C=O) groups excluding carboxylic acids is 1. The summed E-state index contributed by atoms with van der Waals surface area (Å²) in [5, 5.41) is 2.93. The standard InChI is InChI=1S/C25H37NO2/c1-6-7-8-9-17-26-24(27)23-15-13-21(28-23)18-19(2)12-14-22-20(3)11-10-16-25(22,4)5/h12-15,18H,6-11,16-17H2,1-5H3,(H,26,27)/b14-12+,19-18+. The first-order chi connectivity index (χ1) is 13.3. The molecule has 1 amide bonds. The van der Waals surface area contributed by atoms with Gasteiger partial charge in [-0.25, -0.2) is 0 Å². The smallest absolute Gasteiger partial charge is 0.287 e. The van der Waals surface area contributed by atoms with E-state index in [9.17, 15) is 4.79 Å². The minimum Gasteiger partial charge on any atom is -0.452 e. The Balaban J connectivity index is 1.95. The molecular weight excluding hydrogens is 346 g/mol. The Morgan fingerprint density at radius 1 is 1.25 bits per heavy atom. The molecule has 1 aliphatic rings. The number of carbonyl (C=O) groups is 1. The fraction of sp³-hybridized carbons (Fsp3) is 0.560. The number of rotatable bonds is 9. The van der Waals surface area contributed by atoms with E-state index in [0.717, 1.165) is 18.4 Å². The summed E-state index contributed by atoms with van der Waals surface area (Å²) >= 11 is 0. The van der Waals surface area contributed by atoms with E-state index in [1.165, 1.54) is 43.3 Å². The van der Waals surface area contributed by atoms with Crippen LogP contribution in [-0.4, -0.2) is 12.5 Å². The molecule has 0 aliphatic heterocycles. The first kappa shape index (κ1) is 22.3. The second-order valence-corrected chi connectivity index (χ2v) is 8.67. The largest absolute Gasteiger partial charge is 0.452 e. The van der Waals surface area contributed by atoms with Crippen molar-refractivity contribution in [3.8, 4) is 0 Å². The minimum absolute atomic E-state index is 0.130. The van der Waals surface area contributed by atoms with Crippen LogP contribution in [0, 0.1) is 5.41 Å². The van der Waals surface area contributed by atoms with Crippen molar-refractivity contribution in [1.29, 1.82) is 0 Å². The second-order valence-electron chi connectivity index (χ2n) is 8.67. The summed E-state index contributed by atoms with van der Waals surface area (Å²) in [5.74, 6) is 0.964. The van der Waals surface area contributed by atoms with Crippen LogP contribution in [-0.2, 0) is 0 Å². The van der Waals surface area contributed by atoms with Crippen LogP contribution in [0.4, 0.5) is 0 Å². The monoisotopic (exact) mass is 383 g/mol. The number of unbranched alkanes of at least 4 members (excludes halogenated alkanes) is 3. The Hall–Kier alpha value is -2.03. The third kappa shape index (κ3) is 6.54. The molecule has 0 bridgehead atoms. The molecule has 1 aliphatic carbocycles. The topological polar surface area (TPSA) is 42.2 Å². The van der Waals surface area contributed by atoms with E-state index in [1.807, 2.05) is 12.1 Å². The molecule has 0 saturated heterocycles. The van der Waals surface area contributed by atoms with Gasteiger partial charge in [-0.2, -0.15) is 0 Å². The summed E-state index contributed by atoms with van der Waals surface area (Å²) in [4.78, 5) is 12.2. The van der Waals surface area contributed by atoms with Crippen molar-refractivity contribution >= 4 is 12.0 Å². The predicted molar refractivity (Wildman–Crippen MR) is 118 cm³/mol. The van der Waals surface area contributed by atoms with Crippen molar-refractivity contribution in [1.82, 2.24) is 5.32 Å². The number of amides is 1. The molecule has 1 heterocycles. The Bertz CT molecular complexity index is 746. The quantitative estimate of drug-likeness (QED) is 0.366. The lowest BCUT2D eigenvalue weighted by atomic mass is 9.72. The molecule has 1 aromatic heterocycles. The van der Waals surface area contributed by atoms with Crippen molar-refractivity contribution in [3.05, 3.63) is 52.5 Å². The number of allylic oxidation sites excluding steroid dienone is 5. The first-order valence-corrected chi connectivity index (χ1v) is 10.8. The molecular formula is C25H37NO2. The molecule has 3 nitrogen and oxygen atoms in total. The van der Waals surface area contributed by atoms with Gasteiger partial charge in [-0.1, -0.05) is 57.8 Å². The SMILES string of the molecule is CCCCCCNC(=O)c1ccc(/C=C(C)/C=C/C2=C(C)CCCC2(C)C)o1. The van der Waals surface area contributed by atoms with Crippen molar-refractivity contribution < 1.29 is 9.21 Å². The Morgan fingerprint density at radius 3 is 2.75 bits per heavy atom. The van der Waals surface area contributed by atoms with E-state index >= 15 is 0 Å². The fourth-order valence-corrected chi connectivity index (χ4v) is 3.89. The molecule has 1 N–H and O–H groups in total. The van der Waals surface area contributed by atoms with Gasteiger partial charge >= 0.3 is 0 Å². The van der Waals surface area contributed by atoms with Gasteiger partial charge in [0.2, 0.25) is 0 Å². The summed E-state index contributed by atoms with van der Waals surface area (Å²) in [6.45, 7) is 11.9. The van der Waals surface area contributed by atoms with Gasteiger partial charge in [-0.05, 0) is 74.3 Å². The minimum atomic E-state index is -0.130. The van der Waals surface area contributed by atoms with Gasteiger partial charge in [0.15, 0.2) is 5.76 Å². The lowest BCUT2D eigenvalue weighted by molar-refractivity contribution is 0.0925. The van der Waals surface area contributed by atoms with E-state index in [0.29, 0.717) is 18.1 Å². The van der Waals surface area contributed by atoms with Crippen molar-refractivity contribution in [2.75, 3.05) is 6.54 Å². The van der Waals surface area contributed by atoms with Crippen LogP contribution in [0.5, 0.6) is 0 Å². The molecule has 0 fully saturated rings. The fourth-order valence-electron chi connectivity index (χ4n) is 3.89. The maximum absolute atomic E-state index is 12.2. The molecule has 2 rings (SSSR count). The van der Waals surface area contributed by atoms with Crippen molar-refractivity contribution in [2.24, 2.45) is 5.41 Å². The van der Waals surface area contributed by atoms with Crippen molar-refractivity contribution in [2.45, 2.75) is 79.6 Å². The van der Waals surface area contributed by atoms with Crippen LogP contribution in [0.15, 0.2) is 45.4 Å². The normalized spacial score (nSPS) is 17.4. The van der Waals surface area contributed by atoms with Crippen LogP contribution in [0.3, 0.4) is 0 Å². The van der Waals surface area contributed by atoms with Crippen LogP contribution >= 0.6 is 0 Å². The highest BCUT2D eigenvalue weighted by atomic mass is 16.3. The zero-order valence-corrected chi connectivity index (χ0v) is 18.4. The highest BCUT2D eigenvalue weighted by molar-refractivity contribution is 5.91. The summed E-state index contributed by atoms with van der Waals surface area (Å²) in [5.41, 5.74) is 4.31. The summed E-state index contributed by atoms with van der Waals surface area (Å²) < 4.78 is 5.71. The highest BCUT2D eigenvalue weighted by Gasteiger charge is 2.26. The average Bonchev–Trinajstić information content (AvgIpc) is 3.09. The molecule has 0 aromatic carbocycles. The summed E-state index contributed by atoms with van der Waals surface area (Å²) in [7, 11) is 0. The molecule has 0 radical (unpaired) electrons. The van der Waals surface area contributed by atoms with Crippen molar-refractivity contribution in [3.63, 3.8) is 0 Å². The molecule has 0 saturated carbocycles. The lowest BCUT2D eigenvalue weighted by Crippen LogP contribution is -2.23. The Labute approximate surface area is 171 Å². The van der Waals surface area contributed by atoms with E-state index in [4.69, 9.17) is 4.42 Å². The lowest BCUT2D eigenvalue weighted by Gasteiger charge is -2.32. The summed E-state index contributed by atoms with van der Waals surface area (Å²) in [6.07, 6.45) is 14.7. The van der Waals surface area contributed by atoms with Gasteiger partial charge in [-0.3, -0.25) is 4.79 Å². The summed E-state index contributed by atoms with van der Waals surface area (Å²) in [6, 6.07) is 3.61. The third-order valence-corrected chi connectivity index (χ3v) is 5.59. The Morgan fingerprint density at radius 2 is 2.04 bits per heavy atom. The number of hydrogen-bond donors (Lipinski definition) is 1. The molecule has 0 spiro atoms. The molecule has 3 heteroatoms. The van der Waals surface area contributed by atoms with Gasteiger partial charge in [-0.15, -0.1) is 0 Å². The van der Waals surface area contributed by atoms with Gasteiger partial charge in [0.25, 0.3) is 5.91 Å². The highest BCUT2D eigenvalue weighted by Crippen LogP contribution is 2.40. The molecule has 0 atom stereocenters. The maximum atomic E-state index is 12.2. The number of nitrogens with one attached hydrogen (secondary N) is 1. The van der Waals surface area contributed by atoms with Gasteiger partial charge in [0.05, 0.1) is 0 Å².